The second-order valence-corrected chi connectivity index (χ2v) is 4.82. The van der Waals surface area contributed by atoms with E-state index >= 15 is 0 Å². The van der Waals surface area contributed by atoms with Crippen molar-refractivity contribution in [3.63, 3.8) is 0 Å². The molecule has 1 saturated carbocycles. The predicted octanol–water partition coefficient (Wildman–Crippen LogP) is 3.04. The Morgan fingerprint density at radius 1 is 1.40 bits per heavy atom. The van der Waals surface area contributed by atoms with Gasteiger partial charge in [0.2, 0.25) is 0 Å². The van der Waals surface area contributed by atoms with Crippen LogP contribution < -0.4 is 4.74 Å². The van der Waals surface area contributed by atoms with Crippen molar-refractivity contribution < 1.29 is 27.7 Å². The maximum atomic E-state index is 11.6. The van der Waals surface area contributed by atoms with Crippen LogP contribution in [-0.4, -0.2) is 43.2 Å². The van der Waals surface area contributed by atoms with Crippen LogP contribution in [0.15, 0.2) is 24.2 Å². The van der Waals surface area contributed by atoms with Gasteiger partial charge >= 0.3 is 0 Å². The molecule has 0 aliphatic heterocycles. The molecule has 0 radical (unpaired) electrons. The maximum absolute atomic E-state index is 11.6. The fraction of sp³-hybridized carbons (Fsp3) is 0.647. The number of methoxy groups -OCH3 is 1. The molecule has 1 N–H and O–H groups in total. The smallest absolute Gasteiger partial charge is 0.118 e. The molecule has 0 saturated heterocycles. The Balaban J connectivity index is 3.06. The molecule has 0 amide bonds. The second kappa shape index (κ2) is 6.59. The third-order valence-corrected chi connectivity index (χ3v) is 3.43. The number of nitrogens with zero attached hydrogens (tertiary/aromatic N) is 1. The number of aliphatic hydroxyl groups is 1. The predicted molar refractivity (Wildman–Crippen MR) is 82.3 cm³/mol. The summed E-state index contributed by atoms with van der Waals surface area (Å²) in [5.41, 5.74) is -3.34. The number of likely N-dealkylation sites (N-methyl/N-ethyl adjacent to an activating group) is 1. The zero-order valence-corrected chi connectivity index (χ0v) is 11.3. The van der Waals surface area contributed by atoms with E-state index in [-0.39, 0.29) is 12.8 Å². The summed E-state index contributed by atoms with van der Waals surface area (Å²) in [5.74, 6) is -3.73. The van der Waals surface area contributed by atoms with Crippen LogP contribution in [0.4, 0.5) is 0 Å². The van der Waals surface area contributed by atoms with Crippen LogP contribution in [0, 0.1) is 0 Å². The average Bonchev–Trinajstić information content (AvgIpc) is 2.64. The zero-order valence-electron chi connectivity index (χ0n) is 24.3. The number of benzene rings is 1. The Morgan fingerprint density at radius 3 is 2.60 bits per heavy atom. The third kappa shape index (κ3) is 3.53. The Morgan fingerprint density at radius 2 is 2.05 bits per heavy atom. The lowest BCUT2D eigenvalue weighted by Crippen LogP contribution is -2.42. The first-order chi connectivity index (χ1) is 14.8. The highest BCUT2D eigenvalue weighted by Gasteiger charge is 2.38. The fourth-order valence-corrected chi connectivity index (χ4v) is 2.42. The highest BCUT2D eigenvalue weighted by molar-refractivity contribution is 5.31. The van der Waals surface area contributed by atoms with Crippen molar-refractivity contribution in [2.45, 2.75) is 43.6 Å². The van der Waals surface area contributed by atoms with E-state index in [2.05, 4.69) is 0 Å². The molecule has 0 aromatic heterocycles. The van der Waals surface area contributed by atoms with Gasteiger partial charge in [-0.15, -0.1) is 0 Å². The summed E-state index contributed by atoms with van der Waals surface area (Å²) >= 11 is 0. The molecule has 1 atom stereocenters. The molecule has 0 bridgehead atoms. The van der Waals surface area contributed by atoms with Gasteiger partial charge in [-0.25, -0.2) is 0 Å². The molecule has 0 unspecified atom stereocenters. The van der Waals surface area contributed by atoms with Gasteiger partial charge in [-0.3, -0.25) is 0 Å². The molecular formula is C17H27NO2. The molecule has 1 aliphatic rings. The average molecular weight is 290 g/mol. The van der Waals surface area contributed by atoms with E-state index in [1.165, 1.54) is 0 Å². The SMILES string of the molecule is [2H]c1c([2H])c([C@]([2H])(C2(O)CCCCC2)C([2H])([2H])N(C([2H])([2H])[2H])C([2H])([2H])[2H])c([2H])c([2H])c1OC. The number of rotatable bonds is 5. The monoisotopic (exact) mass is 290 g/mol. The molecular weight excluding hydrogens is 250 g/mol. The van der Waals surface area contributed by atoms with Crippen LogP contribution in [0.5, 0.6) is 5.75 Å². The summed E-state index contributed by atoms with van der Waals surface area (Å²) in [6.45, 7) is -10.9. The van der Waals surface area contributed by atoms with Crippen LogP contribution in [0.25, 0.3) is 0 Å². The van der Waals surface area contributed by atoms with Gasteiger partial charge in [0.05, 0.1) is 18.2 Å². The van der Waals surface area contributed by atoms with Crippen molar-refractivity contribution >= 4 is 0 Å². The Bertz CT molecular complexity index is 849. The lowest BCUT2D eigenvalue weighted by molar-refractivity contribution is -0.0277. The van der Waals surface area contributed by atoms with Crippen molar-refractivity contribution in [1.82, 2.24) is 4.90 Å². The minimum Gasteiger partial charge on any atom is -0.497 e. The van der Waals surface area contributed by atoms with Gasteiger partial charge in [0, 0.05) is 24.7 Å². The summed E-state index contributed by atoms with van der Waals surface area (Å²) in [6.07, 6.45) is 0.732. The minimum absolute atomic E-state index is 0.239. The first-order valence-corrected chi connectivity index (χ1v) is 6.46. The number of hydrogen-bond donors (Lipinski definition) is 1. The molecule has 3 heteroatoms. The topological polar surface area (TPSA) is 32.7 Å². The molecule has 1 aliphatic carbocycles. The number of ether oxygens (including phenoxy) is 1. The Hall–Kier alpha value is -1.06. The highest BCUT2D eigenvalue weighted by Crippen LogP contribution is 2.40. The van der Waals surface area contributed by atoms with E-state index in [0.717, 1.165) is 7.11 Å². The van der Waals surface area contributed by atoms with E-state index in [0.29, 0.717) is 19.3 Å². The molecule has 2 rings (SSSR count). The van der Waals surface area contributed by atoms with E-state index in [1.54, 1.807) is 0 Å². The molecule has 112 valence electrons. The van der Waals surface area contributed by atoms with Crippen LogP contribution >= 0.6 is 0 Å². The first kappa shape index (κ1) is 5.62. The van der Waals surface area contributed by atoms with Gasteiger partial charge in [-0.2, -0.15) is 0 Å². The summed E-state index contributed by atoms with van der Waals surface area (Å²) < 4.78 is 111. The van der Waals surface area contributed by atoms with E-state index < -0.39 is 72.3 Å². The number of hydrogen-bond acceptors (Lipinski definition) is 3. The molecule has 1 fully saturated rings. The molecule has 3 nitrogen and oxygen atoms in total. The van der Waals surface area contributed by atoms with Gasteiger partial charge in [0.15, 0.2) is 0 Å². The van der Waals surface area contributed by atoms with Gasteiger partial charge in [0.25, 0.3) is 0 Å². The molecule has 1 aromatic carbocycles. The van der Waals surface area contributed by atoms with Crippen molar-refractivity contribution in [1.29, 1.82) is 0 Å². The largest absolute Gasteiger partial charge is 0.497 e. The van der Waals surface area contributed by atoms with E-state index in [9.17, 15) is 6.48 Å². The fourth-order valence-electron chi connectivity index (χ4n) is 2.42. The lowest BCUT2D eigenvalue weighted by atomic mass is 9.72. The van der Waals surface area contributed by atoms with Crippen LogP contribution in [0.2, 0.25) is 0 Å². The Kier molecular flexibility index (Phi) is 1.85. The van der Waals surface area contributed by atoms with Crippen LogP contribution in [-0.2, 0) is 0 Å². The van der Waals surface area contributed by atoms with Crippen molar-refractivity contribution in [2.75, 3.05) is 27.6 Å². The van der Waals surface area contributed by atoms with Crippen LogP contribution in [0.3, 0.4) is 0 Å². The summed E-state index contributed by atoms with van der Waals surface area (Å²) in [6, 6.07) is -3.40. The van der Waals surface area contributed by atoms with E-state index in [4.69, 9.17) is 21.2 Å². The normalized spacial score (nSPS) is 32.9. The molecule has 20 heavy (non-hydrogen) atoms. The quantitative estimate of drug-likeness (QED) is 0.905. The highest BCUT2D eigenvalue weighted by atomic mass is 16.5. The summed E-state index contributed by atoms with van der Waals surface area (Å²) in [4.78, 5) is -0.483. The Labute approximate surface area is 140 Å². The van der Waals surface area contributed by atoms with Gasteiger partial charge in [-0.05, 0) is 44.4 Å². The molecule has 1 aromatic rings. The van der Waals surface area contributed by atoms with Gasteiger partial charge in [0.1, 0.15) is 5.75 Å². The third-order valence-electron chi connectivity index (χ3n) is 3.43. The molecule has 0 heterocycles. The zero-order chi connectivity index (χ0) is 25.8. The van der Waals surface area contributed by atoms with Gasteiger partial charge in [-0.1, -0.05) is 31.3 Å². The van der Waals surface area contributed by atoms with Crippen molar-refractivity contribution in [2.24, 2.45) is 0 Å². The first-order valence-electron chi connectivity index (χ1n) is 13.0. The minimum atomic E-state index is -3.70. The van der Waals surface area contributed by atoms with E-state index in [1.807, 2.05) is 0 Å². The summed E-state index contributed by atoms with van der Waals surface area (Å²) in [7, 11) is 1.09. The van der Waals surface area contributed by atoms with Gasteiger partial charge < -0.3 is 14.7 Å². The lowest BCUT2D eigenvalue weighted by Gasteiger charge is -2.40. The standard InChI is InChI=1S/C17H27NO2/c1-18(2)13-16(17(19)11-5-4-6-12-17)14-7-9-15(20-3)10-8-14/h7-10,16,19H,4-6,11-13H2,1-3H3/t16-/m1/s1/i1D3,2D3,7D,8D,9D,10D,13D2,16D. The summed E-state index contributed by atoms with van der Waals surface area (Å²) in [5, 5.41) is 11.6. The molecule has 0 spiro atoms. The van der Waals surface area contributed by atoms with Crippen molar-refractivity contribution in [3.05, 3.63) is 29.7 Å². The van der Waals surface area contributed by atoms with Crippen molar-refractivity contribution in [3.8, 4) is 5.75 Å². The maximum Gasteiger partial charge on any atom is 0.118 e. The van der Waals surface area contributed by atoms with Crippen LogP contribution in [0.1, 0.15) is 61.4 Å². The second-order valence-electron chi connectivity index (χ2n) is 4.82.